The third-order valence-electron chi connectivity index (χ3n) is 6.26. The third kappa shape index (κ3) is 4.09. The molecule has 8 nitrogen and oxygen atoms in total. The van der Waals surface area contributed by atoms with Gasteiger partial charge in [-0.25, -0.2) is 0 Å². The summed E-state index contributed by atoms with van der Waals surface area (Å²) in [6.07, 6.45) is 7.53. The highest BCUT2D eigenvalue weighted by molar-refractivity contribution is 5.81. The average Bonchev–Trinajstić information content (AvgIpc) is 3.14. The maximum Gasteiger partial charge on any atom is 0.262 e. The van der Waals surface area contributed by atoms with E-state index in [1.807, 2.05) is 29.5 Å². The molecule has 1 fully saturated rings. The molecule has 2 aromatic heterocycles. The number of amides is 1. The molecule has 0 atom stereocenters. The van der Waals surface area contributed by atoms with Crippen LogP contribution in [0.25, 0.3) is 16.7 Å². The molecule has 0 bridgehead atoms. The van der Waals surface area contributed by atoms with Gasteiger partial charge in [-0.1, -0.05) is 43.7 Å². The number of carbonyl (C=O) groups is 1. The molecule has 3 aromatic rings. The van der Waals surface area contributed by atoms with Crippen LogP contribution in [-0.4, -0.2) is 43.1 Å². The number of aromatic nitrogens is 4. The highest BCUT2D eigenvalue weighted by Crippen LogP contribution is 2.26. The minimum Gasteiger partial charge on any atom is -0.369 e. The topological polar surface area (TPSA) is 98.5 Å². The first-order valence-electron chi connectivity index (χ1n) is 10.8. The van der Waals surface area contributed by atoms with Crippen molar-refractivity contribution in [2.24, 2.45) is 18.7 Å². The van der Waals surface area contributed by atoms with Crippen LogP contribution in [-0.2, 0) is 18.4 Å². The lowest BCUT2D eigenvalue weighted by atomic mass is 9.87. The zero-order valence-corrected chi connectivity index (χ0v) is 17.8. The maximum absolute atomic E-state index is 12.8. The number of fused-ring (bicyclic) bond motifs is 3. The first-order chi connectivity index (χ1) is 14.4. The zero-order valence-electron chi connectivity index (χ0n) is 17.8. The van der Waals surface area contributed by atoms with Crippen molar-refractivity contribution in [1.82, 2.24) is 24.1 Å². The second-order valence-electron chi connectivity index (χ2n) is 8.61. The number of aryl methyl sites for hydroxylation is 2. The Kier molecular flexibility index (Phi) is 5.85. The fraction of sp³-hybridized carbons (Fsp3) is 0.545. The molecule has 1 aliphatic carbocycles. The van der Waals surface area contributed by atoms with Gasteiger partial charge in [0.15, 0.2) is 5.82 Å². The summed E-state index contributed by atoms with van der Waals surface area (Å²) in [6.45, 7) is 3.41. The molecule has 1 aromatic carbocycles. The number of nitrogens with zero attached hydrogens (tertiary/aromatic N) is 5. The van der Waals surface area contributed by atoms with E-state index in [2.05, 4.69) is 15.1 Å². The van der Waals surface area contributed by atoms with Crippen LogP contribution in [0.5, 0.6) is 0 Å². The highest BCUT2D eigenvalue weighted by atomic mass is 16.1. The number of rotatable bonds is 7. The lowest BCUT2D eigenvalue weighted by molar-refractivity contribution is -0.119. The molecule has 0 aliphatic heterocycles. The Hall–Kier alpha value is -2.74. The number of nitrogens with two attached hydrogens (primary N) is 1. The lowest BCUT2D eigenvalue weighted by Crippen LogP contribution is -2.35. The van der Waals surface area contributed by atoms with E-state index in [1.165, 1.54) is 36.7 Å². The predicted octanol–water partition coefficient (Wildman–Crippen LogP) is 2.15. The summed E-state index contributed by atoms with van der Waals surface area (Å²) < 4.78 is 3.45. The second kappa shape index (κ2) is 8.55. The van der Waals surface area contributed by atoms with Crippen LogP contribution in [0.15, 0.2) is 23.0 Å². The largest absolute Gasteiger partial charge is 0.369 e. The Balaban J connectivity index is 1.67. The quantitative estimate of drug-likeness (QED) is 0.643. The molecule has 8 heteroatoms. The van der Waals surface area contributed by atoms with Crippen molar-refractivity contribution in [3.8, 4) is 0 Å². The molecule has 4 rings (SSSR count). The highest BCUT2D eigenvalue weighted by Gasteiger charge is 2.20. The number of hydrogen-bond donors (Lipinski definition) is 1. The van der Waals surface area contributed by atoms with Crippen LogP contribution in [0.2, 0.25) is 0 Å². The van der Waals surface area contributed by atoms with Gasteiger partial charge in [-0.05, 0) is 37.9 Å². The van der Waals surface area contributed by atoms with Gasteiger partial charge in [-0.15, -0.1) is 10.2 Å². The molecule has 0 unspecified atom stereocenters. The minimum atomic E-state index is -0.347. The maximum atomic E-state index is 12.8. The lowest BCUT2D eigenvalue weighted by Gasteiger charge is -2.26. The van der Waals surface area contributed by atoms with Crippen LogP contribution in [0, 0.1) is 12.8 Å². The summed E-state index contributed by atoms with van der Waals surface area (Å²) in [7, 11) is 1.71. The summed E-state index contributed by atoms with van der Waals surface area (Å²) in [5, 5.41) is 9.27. The van der Waals surface area contributed by atoms with Gasteiger partial charge in [0, 0.05) is 7.05 Å². The van der Waals surface area contributed by atoms with Crippen molar-refractivity contribution in [3.63, 3.8) is 0 Å². The van der Waals surface area contributed by atoms with Gasteiger partial charge in [-0.2, -0.15) is 0 Å². The van der Waals surface area contributed by atoms with Gasteiger partial charge >= 0.3 is 0 Å². The summed E-state index contributed by atoms with van der Waals surface area (Å²) in [5.41, 5.74) is 7.24. The van der Waals surface area contributed by atoms with Crippen LogP contribution >= 0.6 is 0 Å². The predicted molar refractivity (Wildman–Crippen MR) is 116 cm³/mol. The van der Waals surface area contributed by atoms with Crippen LogP contribution in [0.1, 0.15) is 49.9 Å². The van der Waals surface area contributed by atoms with Gasteiger partial charge < -0.3 is 5.73 Å². The molecular formula is C22H30N6O2. The van der Waals surface area contributed by atoms with Crippen molar-refractivity contribution >= 4 is 22.6 Å². The third-order valence-corrected chi connectivity index (χ3v) is 6.26. The van der Waals surface area contributed by atoms with E-state index in [4.69, 9.17) is 5.73 Å². The van der Waals surface area contributed by atoms with Crippen molar-refractivity contribution in [2.75, 3.05) is 13.1 Å². The van der Waals surface area contributed by atoms with Crippen LogP contribution in [0.3, 0.4) is 0 Å². The van der Waals surface area contributed by atoms with E-state index in [-0.39, 0.29) is 18.0 Å². The number of carbonyl (C=O) groups excluding carboxylic acids is 1. The van der Waals surface area contributed by atoms with Crippen molar-refractivity contribution in [1.29, 1.82) is 0 Å². The van der Waals surface area contributed by atoms with E-state index in [0.717, 1.165) is 24.0 Å². The molecule has 2 heterocycles. The minimum absolute atomic E-state index is 0.0913. The van der Waals surface area contributed by atoms with E-state index >= 15 is 0 Å². The SMILES string of the molecule is Cc1ccc2c(c1)c(=O)n(C)c1nnc(CN(CCC3CCCCC3)CC(N)=O)n21. The molecule has 1 aliphatic rings. The number of hydrogen-bond acceptors (Lipinski definition) is 5. The average molecular weight is 411 g/mol. The fourth-order valence-electron chi connectivity index (χ4n) is 4.64. The molecule has 0 radical (unpaired) electrons. The standard InChI is InChI=1S/C22H30N6O2/c1-15-8-9-18-17(12-15)21(30)26(2)22-25-24-20(28(18)22)14-27(13-19(23)29)11-10-16-6-4-3-5-7-16/h8-9,12,16H,3-7,10-11,13-14H2,1-2H3,(H2,23,29). The van der Waals surface area contributed by atoms with E-state index in [9.17, 15) is 9.59 Å². The summed E-state index contributed by atoms with van der Waals surface area (Å²) in [6, 6.07) is 5.81. The number of benzene rings is 1. The molecule has 2 N–H and O–H groups in total. The molecule has 30 heavy (non-hydrogen) atoms. The first-order valence-corrected chi connectivity index (χ1v) is 10.8. The molecule has 160 valence electrons. The van der Waals surface area contributed by atoms with Gasteiger partial charge in [0.05, 0.1) is 24.0 Å². The Labute approximate surface area is 175 Å². The summed E-state index contributed by atoms with van der Waals surface area (Å²) >= 11 is 0. The monoisotopic (exact) mass is 410 g/mol. The van der Waals surface area contributed by atoms with Crippen LogP contribution < -0.4 is 11.3 Å². The Morgan fingerprint density at radius 1 is 1.23 bits per heavy atom. The van der Waals surface area contributed by atoms with E-state index in [0.29, 0.717) is 29.5 Å². The summed E-state index contributed by atoms with van der Waals surface area (Å²) in [4.78, 5) is 26.5. The van der Waals surface area contributed by atoms with Gasteiger partial charge in [0.1, 0.15) is 0 Å². The van der Waals surface area contributed by atoms with E-state index in [1.54, 1.807) is 7.05 Å². The molecule has 0 saturated heterocycles. The molecule has 1 saturated carbocycles. The Morgan fingerprint density at radius 2 is 2.00 bits per heavy atom. The van der Waals surface area contributed by atoms with Gasteiger partial charge in [0.2, 0.25) is 11.7 Å². The number of primary amides is 1. The molecular weight excluding hydrogens is 380 g/mol. The van der Waals surface area contributed by atoms with Gasteiger partial charge in [-0.3, -0.25) is 23.5 Å². The fourth-order valence-corrected chi connectivity index (χ4v) is 4.64. The molecule has 0 spiro atoms. The second-order valence-corrected chi connectivity index (χ2v) is 8.61. The van der Waals surface area contributed by atoms with Crippen molar-refractivity contribution in [2.45, 2.75) is 52.0 Å². The summed E-state index contributed by atoms with van der Waals surface area (Å²) in [5.74, 6) is 1.58. The van der Waals surface area contributed by atoms with Crippen LogP contribution in [0.4, 0.5) is 0 Å². The Morgan fingerprint density at radius 3 is 2.73 bits per heavy atom. The molecule has 1 amide bonds. The van der Waals surface area contributed by atoms with Crippen molar-refractivity contribution < 1.29 is 4.79 Å². The van der Waals surface area contributed by atoms with E-state index < -0.39 is 0 Å². The Bertz CT molecular complexity index is 1130. The zero-order chi connectivity index (χ0) is 21.3. The van der Waals surface area contributed by atoms with Crippen molar-refractivity contribution in [3.05, 3.63) is 39.9 Å². The first kappa shape index (κ1) is 20.5. The smallest absolute Gasteiger partial charge is 0.262 e. The van der Waals surface area contributed by atoms with Gasteiger partial charge in [0.25, 0.3) is 5.56 Å². The normalized spacial score (nSPS) is 15.4.